The van der Waals surface area contributed by atoms with E-state index in [0.29, 0.717) is 41.4 Å². The predicted molar refractivity (Wildman–Crippen MR) is 310 cm³/mol. The van der Waals surface area contributed by atoms with Crippen LogP contribution >= 0.6 is 0 Å². The van der Waals surface area contributed by atoms with Crippen molar-refractivity contribution in [1.29, 1.82) is 0 Å². The van der Waals surface area contributed by atoms with E-state index in [1.165, 1.54) is 45.4 Å². The fourth-order valence-corrected chi connectivity index (χ4v) is 11.0. The molecule has 0 saturated carbocycles. The van der Waals surface area contributed by atoms with E-state index in [2.05, 4.69) is 116 Å². The van der Waals surface area contributed by atoms with Crippen LogP contribution in [0.1, 0.15) is 90.1 Å². The number of aliphatic carboxylic acids is 1. The zero-order valence-electron chi connectivity index (χ0n) is 46.8. The molecule has 0 amide bonds. The fraction of sp³-hybridized carbons (Fsp3) is 0.242. The molecule has 9 aromatic rings. The monoisotopic (exact) mass is 1110 g/mol. The Kier molecular flexibility index (Phi) is 17.7. The summed E-state index contributed by atoms with van der Waals surface area (Å²) in [7, 11) is 4.11. The molecule has 3 aliphatic heterocycles. The van der Waals surface area contributed by atoms with E-state index in [9.17, 15) is 39.6 Å². The molecule has 0 spiro atoms. The average Bonchev–Trinajstić information content (AvgIpc) is 3.83. The Hall–Kier alpha value is -7.86. The second kappa shape index (κ2) is 24.7. The number of pyridine rings is 4. The van der Waals surface area contributed by atoms with Crippen molar-refractivity contribution in [3.05, 3.63) is 229 Å². The quantitative estimate of drug-likeness (QED) is 0.0758. The van der Waals surface area contributed by atoms with E-state index in [1.54, 1.807) is 17.6 Å². The maximum absolute atomic E-state index is 13.0. The molecule has 82 heavy (non-hydrogen) atoms. The number of esters is 1. The van der Waals surface area contributed by atoms with Crippen LogP contribution in [0.5, 0.6) is 5.75 Å². The van der Waals surface area contributed by atoms with Crippen molar-refractivity contribution in [3.63, 3.8) is 0 Å². The number of aromatic nitrogens is 4. The Morgan fingerprint density at radius 2 is 1.24 bits per heavy atom. The number of fused-ring (bicyclic) bond motifs is 9. The zero-order valence-corrected chi connectivity index (χ0v) is 48.8. The normalized spacial score (nSPS) is 15.4. The van der Waals surface area contributed by atoms with Crippen LogP contribution in [0.3, 0.4) is 0 Å². The number of allylic oxidation sites excluding steroid dienone is 1. The van der Waals surface area contributed by atoms with Gasteiger partial charge >= 0.3 is 35.5 Å². The third kappa shape index (κ3) is 11.1. The minimum Gasteiger partial charge on any atom is -0.547 e. The number of carbonyl (C=O) groups is 2. The van der Waals surface area contributed by atoms with Gasteiger partial charge in [0.25, 0.3) is 11.1 Å². The number of nitrogens with zero attached hydrogens (tertiary/aromatic N) is 5. The third-order valence-electron chi connectivity index (χ3n) is 15.4. The zero-order chi connectivity index (χ0) is 57.2. The van der Waals surface area contributed by atoms with Gasteiger partial charge in [-0.15, -0.1) is 0 Å². The number of rotatable bonds is 13. The molecule has 7 heterocycles. The number of likely N-dealkylation sites (N-methyl/N-ethyl adjacent to an activating group) is 1. The van der Waals surface area contributed by atoms with Crippen LogP contribution < -0.4 is 50.5 Å². The van der Waals surface area contributed by atoms with E-state index >= 15 is 0 Å². The summed E-state index contributed by atoms with van der Waals surface area (Å²) < 4.78 is 14.0. The fourth-order valence-electron chi connectivity index (χ4n) is 11.0. The molecular formula is C66H62N5NaO10. The Bertz CT molecular complexity index is 4030. The summed E-state index contributed by atoms with van der Waals surface area (Å²) in [5.41, 5.74) is 7.52. The molecule has 3 N–H and O–H groups in total. The molecule has 2 atom stereocenters. The van der Waals surface area contributed by atoms with E-state index in [-0.39, 0.29) is 72.2 Å². The number of carbonyl (C=O) groups excluding carboxylic acids is 2. The molecular weight excluding hydrogens is 1050 g/mol. The van der Waals surface area contributed by atoms with Gasteiger partial charge in [-0.1, -0.05) is 130 Å². The Morgan fingerprint density at radius 3 is 1.77 bits per heavy atom. The molecule has 0 unspecified atom stereocenters. The number of para-hydroxylation sites is 2. The van der Waals surface area contributed by atoms with Gasteiger partial charge in [0.15, 0.2) is 5.60 Å². The number of ether oxygens (including phenoxy) is 2. The minimum absolute atomic E-state index is 0. The van der Waals surface area contributed by atoms with Gasteiger partial charge in [0.05, 0.1) is 65.0 Å². The van der Waals surface area contributed by atoms with E-state index in [4.69, 9.17) is 14.5 Å². The van der Waals surface area contributed by atoms with Gasteiger partial charge in [-0.3, -0.25) is 9.59 Å². The number of cyclic esters (lactones) is 1. The summed E-state index contributed by atoms with van der Waals surface area (Å²) in [6, 6.07) is 52.3. The number of aliphatic hydroxyl groups is 3. The van der Waals surface area contributed by atoms with Gasteiger partial charge in [-0.2, -0.15) is 0 Å². The molecule has 0 bridgehead atoms. The summed E-state index contributed by atoms with van der Waals surface area (Å²) >= 11 is 0. The van der Waals surface area contributed by atoms with Gasteiger partial charge in [0, 0.05) is 45.1 Å². The molecule has 16 heteroatoms. The first-order valence-electron chi connectivity index (χ1n) is 27.1. The number of benzene rings is 5. The van der Waals surface area contributed by atoms with Crippen LogP contribution in [0.2, 0.25) is 0 Å². The van der Waals surface area contributed by atoms with E-state index < -0.39 is 35.3 Å². The largest absolute Gasteiger partial charge is 1.00 e. The van der Waals surface area contributed by atoms with Gasteiger partial charge < -0.3 is 48.7 Å². The van der Waals surface area contributed by atoms with Crippen LogP contribution in [0, 0.1) is 0 Å². The number of aliphatic hydroxyl groups excluding tert-OH is 1. The summed E-state index contributed by atoms with van der Waals surface area (Å²) in [6.45, 7) is 6.89. The van der Waals surface area contributed by atoms with Gasteiger partial charge in [-0.05, 0) is 110 Å². The molecule has 0 radical (unpaired) electrons. The van der Waals surface area contributed by atoms with Crippen LogP contribution in [-0.4, -0.2) is 78.5 Å². The van der Waals surface area contributed by atoms with E-state index in [1.807, 2.05) is 60.7 Å². The maximum Gasteiger partial charge on any atom is 1.00 e. The molecule has 0 aliphatic carbocycles. The van der Waals surface area contributed by atoms with Crippen molar-refractivity contribution in [1.82, 2.24) is 24.0 Å². The molecule has 12 rings (SSSR count). The second-order valence-corrected chi connectivity index (χ2v) is 20.6. The molecule has 15 nitrogen and oxygen atoms in total. The van der Waals surface area contributed by atoms with Crippen molar-refractivity contribution < 1.29 is 69.0 Å². The Morgan fingerprint density at radius 1 is 0.720 bits per heavy atom. The predicted octanol–water partition coefficient (Wildman–Crippen LogP) is 5.34. The number of carboxylic acids is 1. The van der Waals surface area contributed by atoms with Gasteiger partial charge in [0.1, 0.15) is 24.6 Å². The summed E-state index contributed by atoms with van der Waals surface area (Å²) in [5.74, 6) is -1.51. The van der Waals surface area contributed by atoms with Crippen molar-refractivity contribution in [3.8, 4) is 28.5 Å². The first kappa shape index (κ1) is 58.8. The number of hydrogen-bond acceptors (Lipinski definition) is 13. The standard InChI is InChI=1S/C26H29NO.C20H18N2O5.C20H16N2O4.Na/c1-4-25(21-11-7-5-8-12-21)26(22-13-9-6-10-14-22)23-15-17-24(18-16-23)28-20-19-27(2)3;1-2-20(27,19(25)26)14-8-16-17-12(9-22(16)18(24)13(14)10-23)7-11-5-3-4-6-15(11)21-17;1-2-20(25)14-8-16-17-12(7-11-5-3-4-6-15(11)21-17)9-22(16)18(23)13(14)10-26-19(20)24;/h5-18H,4,19-20H2,1-3H3;3-8,23,27H,2,9-10H2,1H3,(H,25,26);3-8,25H,2,9-10H2,1H3;/q;;;+1/p-1/b26-25-;;;/t;2*20-;/m.00./s1. The van der Waals surface area contributed by atoms with Crippen molar-refractivity contribution in [2.24, 2.45) is 0 Å². The molecule has 4 aromatic heterocycles. The van der Waals surface area contributed by atoms with Crippen molar-refractivity contribution in [2.45, 2.75) is 77.5 Å². The topological polar surface area (TPSA) is 209 Å². The smallest absolute Gasteiger partial charge is 0.547 e. The van der Waals surface area contributed by atoms with Crippen molar-refractivity contribution >= 4 is 44.9 Å². The van der Waals surface area contributed by atoms with Crippen LogP contribution in [0.15, 0.2) is 167 Å². The molecule has 0 fully saturated rings. The molecule has 3 aliphatic rings. The second-order valence-electron chi connectivity index (χ2n) is 20.6. The molecule has 412 valence electrons. The van der Waals surface area contributed by atoms with E-state index in [0.717, 1.165) is 57.3 Å². The maximum atomic E-state index is 13.0. The van der Waals surface area contributed by atoms with Gasteiger partial charge in [-0.25, -0.2) is 14.8 Å². The SMILES string of the molecule is CC/C(=C(\c1ccccc1)c1ccc(OCCN(C)C)cc1)c1ccccc1.CC[C@@](O)(C(=O)[O-])c1cc2n(c(=O)c1CO)Cc1cc3ccccc3nc1-2.CC[C@@]1(O)C(=O)OCc2c1cc1n(c2=O)Cc2cc3ccccc3nc2-1.[Na+]. The first-order valence-corrected chi connectivity index (χ1v) is 27.1. The average molecular weight is 1110 g/mol. The summed E-state index contributed by atoms with van der Waals surface area (Å²) in [5, 5.41) is 44.7. The molecule has 5 aromatic carbocycles. The summed E-state index contributed by atoms with van der Waals surface area (Å²) in [4.78, 5) is 61.1. The Labute approximate surface area is 496 Å². The van der Waals surface area contributed by atoms with Crippen LogP contribution in [0.4, 0.5) is 0 Å². The third-order valence-corrected chi connectivity index (χ3v) is 15.4. The van der Waals surface area contributed by atoms with Crippen molar-refractivity contribution in [2.75, 3.05) is 27.2 Å². The number of carboxylic acid groups (broad SMARTS) is 1. The molecule has 0 saturated heterocycles. The van der Waals surface area contributed by atoms with Crippen LogP contribution in [-0.2, 0) is 51.8 Å². The number of hydrogen-bond donors (Lipinski definition) is 3. The van der Waals surface area contributed by atoms with Crippen LogP contribution in [0.25, 0.3) is 55.7 Å². The van der Waals surface area contributed by atoms with Gasteiger partial charge in [0.2, 0.25) is 0 Å². The summed E-state index contributed by atoms with van der Waals surface area (Å²) in [6.07, 6.45) is 0.901. The Balaban J connectivity index is 0.000000147. The first-order chi connectivity index (χ1) is 39.1. The minimum atomic E-state index is -2.37.